The lowest BCUT2D eigenvalue weighted by Crippen LogP contribution is -2.15. The largest absolute Gasteiger partial charge is 0.490 e. The molecule has 28 heavy (non-hydrogen) atoms. The van der Waals surface area contributed by atoms with Crippen molar-refractivity contribution in [3.05, 3.63) is 56.8 Å². The molecular formula is C22H28BrClFNO2. The van der Waals surface area contributed by atoms with Gasteiger partial charge in [-0.3, -0.25) is 0 Å². The maximum atomic E-state index is 14.0. The Balaban J connectivity index is 2.05. The number of ether oxygens (including phenoxy) is 2. The highest BCUT2D eigenvalue weighted by Crippen LogP contribution is 2.38. The first-order valence-electron chi connectivity index (χ1n) is 9.78. The fourth-order valence-electron chi connectivity index (χ4n) is 2.85. The number of hydrogen-bond donors (Lipinski definition) is 1. The van der Waals surface area contributed by atoms with Gasteiger partial charge in [-0.1, -0.05) is 43.9 Å². The van der Waals surface area contributed by atoms with Crippen molar-refractivity contribution in [2.24, 2.45) is 0 Å². The Hall–Kier alpha value is -1.30. The molecule has 0 aromatic heterocycles. The first kappa shape index (κ1) is 23.0. The SMILES string of the molecule is CCCCCCNCc1cc(Br)c(OCc2c(F)cccc2Cl)c(OCC)c1. The zero-order chi connectivity index (χ0) is 20.4. The Morgan fingerprint density at radius 2 is 1.93 bits per heavy atom. The molecule has 0 heterocycles. The van der Waals surface area contributed by atoms with Crippen molar-refractivity contribution in [1.82, 2.24) is 5.32 Å². The van der Waals surface area contributed by atoms with Crippen molar-refractivity contribution in [3.63, 3.8) is 0 Å². The van der Waals surface area contributed by atoms with Crippen molar-refractivity contribution in [2.45, 2.75) is 52.7 Å². The van der Waals surface area contributed by atoms with Gasteiger partial charge in [0.15, 0.2) is 11.5 Å². The van der Waals surface area contributed by atoms with Crippen LogP contribution in [0.25, 0.3) is 0 Å². The van der Waals surface area contributed by atoms with Crippen molar-refractivity contribution >= 4 is 27.5 Å². The van der Waals surface area contributed by atoms with E-state index in [1.807, 2.05) is 19.1 Å². The maximum absolute atomic E-state index is 14.0. The molecule has 3 nitrogen and oxygen atoms in total. The third-order valence-corrected chi connectivity index (χ3v) is 5.27. The van der Waals surface area contributed by atoms with Crippen molar-refractivity contribution < 1.29 is 13.9 Å². The van der Waals surface area contributed by atoms with Crippen LogP contribution < -0.4 is 14.8 Å². The molecule has 0 saturated carbocycles. The summed E-state index contributed by atoms with van der Waals surface area (Å²) in [5.41, 5.74) is 1.43. The van der Waals surface area contributed by atoms with E-state index in [0.29, 0.717) is 28.7 Å². The molecule has 0 bridgehead atoms. The van der Waals surface area contributed by atoms with E-state index in [1.54, 1.807) is 12.1 Å². The zero-order valence-corrected chi connectivity index (χ0v) is 18.8. The number of nitrogens with one attached hydrogen (secondary N) is 1. The lowest BCUT2D eigenvalue weighted by atomic mass is 10.1. The topological polar surface area (TPSA) is 30.5 Å². The monoisotopic (exact) mass is 471 g/mol. The highest BCUT2D eigenvalue weighted by atomic mass is 79.9. The van der Waals surface area contributed by atoms with Gasteiger partial charge in [-0.25, -0.2) is 4.39 Å². The lowest BCUT2D eigenvalue weighted by molar-refractivity contribution is 0.264. The molecule has 0 atom stereocenters. The third kappa shape index (κ3) is 6.94. The second-order valence-corrected chi connectivity index (χ2v) is 7.83. The minimum absolute atomic E-state index is 0.0270. The fourth-order valence-corrected chi connectivity index (χ4v) is 3.67. The van der Waals surface area contributed by atoms with Crippen molar-refractivity contribution in [2.75, 3.05) is 13.2 Å². The van der Waals surface area contributed by atoms with Crippen LogP contribution in [0.5, 0.6) is 11.5 Å². The molecule has 0 spiro atoms. The second-order valence-electron chi connectivity index (χ2n) is 6.56. The summed E-state index contributed by atoms with van der Waals surface area (Å²) in [5, 5.41) is 3.81. The molecule has 0 aliphatic rings. The van der Waals surface area contributed by atoms with Gasteiger partial charge < -0.3 is 14.8 Å². The second kappa shape index (κ2) is 12.3. The predicted octanol–water partition coefficient (Wildman–Crippen LogP) is 6.89. The first-order valence-corrected chi connectivity index (χ1v) is 11.0. The quantitative estimate of drug-likeness (QED) is 0.341. The minimum Gasteiger partial charge on any atom is -0.490 e. The summed E-state index contributed by atoms with van der Waals surface area (Å²) < 4.78 is 26.4. The molecule has 0 aliphatic carbocycles. The van der Waals surface area contributed by atoms with E-state index in [9.17, 15) is 4.39 Å². The van der Waals surface area contributed by atoms with Crippen LogP contribution in [-0.4, -0.2) is 13.2 Å². The molecule has 6 heteroatoms. The van der Waals surface area contributed by atoms with Crippen LogP contribution in [0.4, 0.5) is 4.39 Å². The average Bonchev–Trinajstić information content (AvgIpc) is 2.66. The third-order valence-electron chi connectivity index (χ3n) is 4.33. The average molecular weight is 473 g/mol. The molecule has 0 unspecified atom stereocenters. The molecule has 2 aromatic rings. The van der Waals surface area contributed by atoms with E-state index in [4.69, 9.17) is 21.1 Å². The highest BCUT2D eigenvalue weighted by molar-refractivity contribution is 9.10. The van der Waals surface area contributed by atoms with Crippen LogP contribution in [0.15, 0.2) is 34.8 Å². The summed E-state index contributed by atoms with van der Waals surface area (Å²) in [4.78, 5) is 0. The van der Waals surface area contributed by atoms with Gasteiger partial charge in [0.1, 0.15) is 12.4 Å². The van der Waals surface area contributed by atoms with E-state index in [1.165, 1.54) is 31.7 Å². The molecule has 0 fully saturated rings. The normalized spacial score (nSPS) is 10.9. The van der Waals surface area contributed by atoms with Gasteiger partial charge in [-0.2, -0.15) is 0 Å². The lowest BCUT2D eigenvalue weighted by Gasteiger charge is -2.16. The van der Waals surface area contributed by atoms with Crippen LogP contribution in [0, 0.1) is 5.82 Å². The molecule has 1 N–H and O–H groups in total. The number of halogens is 3. The Morgan fingerprint density at radius 3 is 2.64 bits per heavy atom. The molecule has 0 aliphatic heterocycles. The van der Waals surface area contributed by atoms with E-state index in [0.717, 1.165) is 23.1 Å². The Bertz CT molecular complexity index is 737. The smallest absolute Gasteiger partial charge is 0.175 e. The molecule has 154 valence electrons. The van der Waals surface area contributed by atoms with Gasteiger partial charge in [-0.05, 0) is 65.6 Å². The molecule has 0 radical (unpaired) electrons. The predicted molar refractivity (Wildman–Crippen MR) is 117 cm³/mol. The Labute approximate surface area is 180 Å². The summed E-state index contributed by atoms with van der Waals surface area (Å²) in [6.07, 6.45) is 4.95. The van der Waals surface area contributed by atoms with Crippen LogP contribution in [-0.2, 0) is 13.2 Å². The van der Waals surface area contributed by atoms with Gasteiger partial charge >= 0.3 is 0 Å². The fraction of sp³-hybridized carbons (Fsp3) is 0.455. The molecule has 0 amide bonds. The standard InChI is InChI=1S/C22H28BrClFNO2/c1-3-5-6-7-11-26-14-16-12-18(23)22(21(13-16)27-4-2)28-15-17-19(24)9-8-10-20(17)25/h8-10,12-13,26H,3-7,11,14-15H2,1-2H3. The molecule has 0 saturated heterocycles. The van der Waals surface area contributed by atoms with Gasteiger partial charge in [0.25, 0.3) is 0 Å². The molecular weight excluding hydrogens is 445 g/mol. The summed E-state index contributed by atoms with van der Waals surface area (Å²) in [7, 11) is 0. The maximum Gasteiger partial charge on any atom is 0.175 e. The summed E-state index contributed by atoms with van der Waals surface area (Å²) in [6, 6.07) is 8.56. The summed E-state index contributed by atoms with van der Waals surface area (Å²) in [5.74, 6) is 0.797. The van der Waals surface area contributed by atoms with Crippen molar-refractivity contribution in [1.29, 1.82) is 0 Å². The van der Waals surface area contributed by atoms with Crippen LogP contribution in [0.3, 0.4) is 0 Å². The van der Waals surface area contributed by atoms with E-state index >= 15 is 0 Å². The highest BCUT2D eigenvalue weighted by Gasteiger charge is 2.15. The van der Waals surface area contributed by atoms with E-state index < -0.39 is 0 Å². The first-order chi connectivity index (χ1) is 13.6. The van der Waals surface area contributed by atoms with E-state index in [-0.39, 0.29) is 12.4 Å². The van der Waals surface area contributed by atoms with Gasteiger partial charge in [0.05, 0.1) is 16.1 Å². The number of rotatable bonds is 12. The number of hydrogen-bond acceptors (Lipinski definition) is 3. The van der Waals surface area contributed by atoms with Gasteiger partial charge in [0.2, 0.25) is 0 Å². The Kier molecular flexibility index (Phi) is 10.1. The van der Waals surface area contributed by atoms with Gasteiger partial charge in [-0.15, -0.1) is 0 Å². The van der Waals surface area contributed by atoms with E-state index in [2.05, 4.69) is 28.2 Å². The Morgan fingerprint density at radius 1 is 1.11 bits per heavy atom. The summed E-state index contributed by atoms with van der Waals surface area (Å²) in [6.45, 7) is 6.42. The van der Waals surface area contributed by atoms with Gasteiger partial charge in [0, 0.05) is 12.1 Å². The number of unbranched alkanes of at least 4 members (excludes halogenated alkanes) is 3. The minimum atomic E-state index is -0.384. The molecule has 2 rings (SSSR count). The zero-order valence-electron chi connectivity index (χ0n) is 16.5. The van der Waals surface area contributed by atoms with Crippen molar-refractivity contribution in [3.8, 4) is 11.5 Å². The summed E-state index contributed by atoms with van der Waals surface area (Å²) >= 11 is 9.66. The molecule has 2 aromatic carbocycles. The van der Waals surface area contributed by atoms with Crippen LogP contribution in [0.1, 0.15) is 50.7 Å². The van der Waals surface area contributed by atoms with Crippen LogP contribution in [0.2, 0.25) is 5.02 Å². The number of benzene rings is 2. The van der Waals surface area contributed by atoms with Crippen LogP contribution >= 0.6 is 27.5 Å².